The zero-order chi connectivity index (χ0) is 14.4. The predicted molar refractivity (Wildman–Crippen MR) is 67.9 cm³/mol. The van der Waals surface area contributed by atoms with Gasteiger partial charge in [0.1, 0.15) is 5.78 Å². The van der Waals surface area contributed by atoms with Crippen LogP contribution < -0.4 is 0 Å². The molecule has 0 heterocycles. The van der Waals surface area contributed by atoms with Crippen molar-refractivity contribution in [1.82, 2.24) is 0 Å². The van der Waals surface area contributed by atoms with Crippen molar-refractivity contribution in [2.45, 2.75) is 26.2 Å². The summed E-state index contributed by atoms with van der Waals surface area (Å²) in [6, 6.07) is 0. The molecule has 0 aliphatic rings. The van der Waals surface area contributed by atoms with E-state index in [1.165, 1.54) is 14.2 Å². The molecular weight excluding hydrogens is 236 g/mol. The molecule has 5 heteroatoms. The van der Waals surface area contributed by atoms with E-state index in [0.29, 0.717) is 6.42 Å². The molecule has 0 spiro atoms. The SMILES string of the molecule is C=CCC(C)=O.COC(=O)CC=CCC(=O)OC. The Morgan fingerprint density at radius 3 is 1.50 bits per heavy atom. The topological polar surface area (TPSA) is 69.7 Å². The van der Waals surface area contributed by atoms with E-state index in [1.807, 2.05) is 0 Å². The summed E-state index contributed by atoms with van der Waals surface area (Å²) in [5.74, 6) is -0.475. The summed E-state index contributed by atoms with van der Waals surface area (Å²) in [4.78, 5) is 31.0. The highest BCUT2D eigenvalue weighted by atomic mass is 16.5. The standard InChI is InChI=1S/C8H12O4.C5H8O/c1-11-7(9)5-3-4-6-8(10)12-2;1-3-4-5(2)6/h3-4H,5-6H2,1-2H3;3H,1,4H2,2H3. The number of methoxy groups -OCH3 is 2. The number of carbonyl (C=O) groups is 3. The summed E-state index contributed by atoms with van der Waals surface area (Å²) in [5, 5.41) is 0. The van der Waals surface area contributed by atoms with Crippen molar-refractivity contribution in [3.8, 4) is 0 Å². The Hall–Kier alpha value is -1.91. The third kappa shape index (κ3) is 16.5. The number of hydrogen-bond acceptors (Lipinski definition) is 5. The summed E-state index contributed by atoms with van der Waals surface area (Å²) in [6.45, 7) is 4.92. The van der Waals surface area contributed by atoms with E-state index in [4.69, 9.17) is 0 Å². The highest BCUT2D eigenvalue weighted by Gasteiger charge is 1.96. The summed E-state index contributed by atoms with van der Waals surface area (Å²) in [6.07, 6.45) is 5.62. The minimum Gasteiger partial charge on any atom is -0.469 e. The minimum absolute atomic E-state index is 0.171. The molecule has 0 aliphatic carbocycles. The van der Waals surface area contributed by atoms with Crippen LogP contribution in [0.5, 0.6) is 0 Å². The Morgan fingerprint density at radius 2 is 1.33 bits per heavy atom. The van der Waals surface area contributed by atoms with E-state index in [-0.39, 0.29) is 30.6 Å². The smallest absolute Gasteiger partial charge is 0.309 e. The third-order valence-corrected chi connectivity index (χ3v) is 1.62. The molecule has 0 aromatic carbocycles. The van der Waals surface area contributed by atoms with Crippen LogP contribution >= 0.6 is 0 Å². The second kappa shape index (κ2) is 13.2. The molecule has 0 N–H and O–H groups in total. The summed E-state index contributed by atoms with van der Waals surface area (Å²) in [5.41, 5.74) is 0. The van der Waals surface area contributed by atoms with Gasteiger partial charge in [0.05, 0.1) is 27.1 Å². The van der Waals surface area contributed by atoms with Crippen LogP contribution in [-0.4, -0.2) is 31.9 Å². The van der Waals surface area contributed by atoms with Crippen molar-refractivity contribution in [2.75, 3.05) is 14.2 Å². The molecule has 0 saturated heterocycles. The highest BCUT2D eigenvalue weighted by molar-refractivity contribution is 5.76. The average Bonchev–Trinajstić information content (AvgIpc) is 2.34. The van der Waals surface area contributed by atoms with Crippen molar-refractivity contribution < 1.29 is 23.9 Å². The van der Waals surface area contributed by atoms with Crippen molar-refractivity contribution in [1.29, 1.82) is 0 Å². The van der Waals surface area contributed by atoms with Crippen LogP contribution in [0.1, 0.15) is 26.2 Å². The van der Waals surface area contributed by atoms with Crippen molar-refractivity contribution >= 4 is 17.7 Å². The third-order valence-electron chi connectivity index (χ3n) is 1.62. The first-order valence-electron chi connectivity index (χ1n) is 5.36. The molecule has 0 aromatic heterocycles. The first-order chi connectivity index (χ1) is 8.47. The number of Topliss-reactive ketones (excluding diaryl/α,β-unsaturated/α-hetero) is 1. The zero-order valence-corrected chi connectivity index (χ0v) is 11.1. The van der Waals surface area contributed by atoms with Gasteiger partial charge in [-0.3, -0.25) is 14.4 Å². The van der Waals surface area contributed by atoms with Crippen LogP contribution in [0, 0.1) is 0 Å². The normalized spacial score (nSPS) is 9.06. The van der Waals surface area contributed by atoms with E-state index in [2.05, 4.69) is 16.1 Å². The number of ketones is 1. The number of carbonyl (C=O) groups excluding carboxylic acids is 3. The molecule has 0 unspecified atom stereocenters. The van der Waals surface area contributed by atoms with Crippen LogP contribution in [0.4, 0.5) is 0 Å². The first-order valence-corrected chi connectivity index (χ1v) is 5.36. The number of rotatable bonds is 6. The Morgan fingerprint density at radius 1 is 0.944 bits per heavy atom. The monoisotopic (exact) mass is 256 g/mol. The maximum atomic E-state index is 10.5. The number of esters is 2. The van der Waals surface area contributed by atoms with E-state index in [1.54, 1.807) is 25.2 Å². The van der Waals surface area contributed by atoms with Gasteiger partial charge in [-0.25, -0.2) is 0 Å². The fourth-order valence-electron chi connectivity index (χ4n) is 0.729. The van der Waals surface area contributed by atoms with Crippen LogP contribution in [0.3, 0.4) is 0 Å². The lowest BCUT2D eigenvalue weighted by atomic mass is 10.3. The lowest BCUT2D eigenvalue weighted by Crippen LogP contribution is -1.99. The Kier molecular flexibility index (Phi) is 13.5. The molecule has 5 nitrogen and oxygen atoms in total. The molecule has 0 radical (unpaired) electrons. The van der Waals surface area contributed by atoms with Gasteiger partial charge in [-0.05, 0) is 6.92 Å². The van der Waals surface area contributed by atoms with Gasteiger partial charge in [0.25, 0.3) is 0 Å². The zero-order valence-electron chi connectivity index (χ0n) is 11.1. The van der Waals surface area contributed by atoms with Crippen LogP contribution in [0.25, 0.3) is 0 Å². The molecule has 0 atom stereocenters. The predicted octanol–water partition coefficient (Wildman–Crippen LogP) is 1.82. The highest BCUT2D eigenvalue weighted by Crippen LogP contribution is 1.91. The fraction of sp³-hybridized carbons (Fsp3) is 0.462. The number of hydrogen-bond donors (Lipinski definition) is 0. The van der Waals surface area contributed by atoms with Crippen LogP contribution in [0.2, 0.25) is 0 Å². The van der Waals surface area contributed by atoms with Gasteiger partial charge in [-0.1, -0.05) is 18.2 Å². The first kappa shape index (κ1) is 18.5. The molecular formula is C13H20O5. The van der Waals surface area contributed by atoms with Crippen molar-refractivity contribution in [3.63, 3.8) is 0 Å². The second-order valence-electron chi connectivity index (χ2n) is 3.23. The van der Waals surface area contributed by atoms with Gasteiger partial charge in [-0.15, -0.1) is 6.58 Å². The Bertz CT molecular complexity index is 285. The molecule has 102 valence electrons. The number of ether oxygens (including phenoxy) is 2. The lowest BCUT2D eigenvalue weighted by molar-refractivity contribution is -0.140. The molecule has 0 aliphatic heterocycles. The fourth-order valence-corrected chi connectivity index (χ4v) is 0.729. The van der Waals surface area contributed by atoms with Gasteiger partial charge in [0.15, 0.2) is 0 Å². The Balaban J connectivity index is 0. The minimum atomic E-state index is -0.323. The summed E-state index contributed by atoms with van der Waals surface area (Å²) >= 11 is 0. The summed E-state index contributed by atoms with van der Waals surface area (Å²) in [7, 11) is 2.63. The van der Waals surface area contributed by atoms with Crippen molar-refractivity contribution in [3.05, 3.63) is 24.8 Å². The van der Waals surface area contributed by atoms with E-state index in [9.17, 15) is 14.4 Å². The molecule has 18 heavy (non-hydrogen) atoms. The largest absolute Gasteiger partial charge is 0.469 e. The van der Waals surface area contributed by atoms with Crippen LogP contribution in [-0.2, 0) is 23.9 Å². The molecule has 0 rings (SSSR count). The van der Waals surface area contributed by atoms with Crippen LogP contribution in [0.15, 0.2) is 24.8 Å². The second-order valence-corrected chi connectivity index (χ2v) is 3.23. The van der Waals surface area contributed by atoms with Gasteiger partial charge in [-0.2, -0.15) is 0 Å². The molecule has 0 amide bonds. The number of allylic oxidation sites excluding steroid dienone is 1. The molecule has 0 bridgehead atoms. The Labute approximate surface area is 107 Å². The quantitative estimate of drug-likeness (QED) is 0.535. The van der Waals surface area contributed by atoms with E-state index in [0.717, 1.165) is 0 Å². The molecule has 0 aromatic rings. The molecule has 0 saturated carbocycles. The van der Waals surface area contributed by atoms with Gasteiger partial charge in [0, 0.05) is 6.42 Å². The van der Waals surface area contributed by atoms with Gasteiger partial charge >= 0.3 is 11.9 Å². The van der Waals surface area contributed by atoms with E-state index < -0.39 is 0 Å². The average molecular weight is 256 g/mol. The maximum Gasteiger partial charge on any atom is 0.309 e. The summed E-state index contributed by atoms with van der Waals surface area (Å²) < 4.78 is 8.75. The van der Waals surface area contributed by atoms with Gasteiger partial charge in [0.2, 0.25) is 0 Å². The van der Waals surface area contributed by atoms with Gasteiger partial charge < -0.3 is 9.47 Å². The molecule has 0 fully saturated rings. The lowest BCUT2D eigenvalue weighted by Gasteiger charge is -1.93. The van der Waals surface area contributed by atoms with Crippen molar-refractivity contribution in [2.24, 2.45) is 0 Å². The maximum absolute atomic E-state index is 10.5. The van der Waals surface area contributed by atoms with E-state index >= 15 is 0 Å².